The van der Waals surface area contributed by atoms with Crippen molar-refractivity contribution < 1.29 is 28.8 Å². The van der Waals surface area contributed by atoms with E-state index < -0.39 is 49.7 Å². The van der Waals surface area contributed by atoms with Crippen LogP contribution in [0.15, 0.2) is 161 Å². The molecule has 0 aromatic heterocycles. The zero-order valence-electron chi connectivity index (χ0n) is 30.2. The second-order valence-electron chi connectivity index (χ2n) is 10.2. The fraction of sp³-hybridized carbons (Fsp3) is 0.189. The molecule has 0 heterocycles. The Balaban J connectivity index is 0.000000206. The largest absolute Gasteiger partial charge is 0.397 e. The van der Waals surface area contributed by atoms with Crippen LogP contribution in [0.3, 0.4) is 0 Å². The summed E-state index contributed by atoms with van der Waals surface area (Å²) in [5.41, 5.74) is 0.756. The van der Waals surface area contributed by atoms with Gasteiger partial charge in [-0.05, 0) is 54.2 Å². The van der Waals surface area contributed by atoms with Gasteiger partial charge in [-0.25, -0.2) is 16.8 Å². The van der Waals surface area contributed by atoms with E-state index in [0.29, 0.717) is 16.0 Å². The SMILES string of the molecule is O=S(=O)(Cc1ccccc1)c1ccccc1.[2H]C1([2H])[C@](C)(c2ccccc2)[C@@]1(c1ccccc1)S(=O)(=O)c1ccccc1.[2H]OCC([2H])([2H])[2H]. The molecule has 0 saturated heterocycles. The molecular weight excluding hydrogens is 589 g/mol. The van der Waals surface area contributed by atoms with E-state index in [1.54, 1.807) is 85.8 Å². The topological polar surface area (TPSA) is 88.5 Å². The van der Waals surface area contributed by atoms with Crippen molar-refractivity contribution in [3.05, 3.63) is 168 Å². The summed E-state index contributed by atoms with van der Waals surface area (Å²) >= 11 is 0. The summed E-state index contributed by atoms with van der Waals surface area (Å²) in [6, 6.07) is 43.8. The third-order valence-electron chi connectivity index (χ3n) is 7.36. The van der Waals surface area contributed by atoms with Gasteiger partial charge in [0.1, 0.15) is 4.75 Å². The van der Waals surface area contributed by atoms with E-state index >= 15 is 0 Å². The normalized spacial score (nSPS) is 22.4. The molecular formula is C37H38O5S2. The number of benzene rings is 5. The van der Waals surface area contributed by atoms with Gasteiger partial charge in [-0.2, -0.15) is 0 Å². The molecule has 0 radical (unpaired) electrons. The Hall–Kier alpha value is -4.04. The van der Waals surface area contributed by atoms with Gasteiger partial charge in [0.25, 0.3) is 0 Å². The van der Waals surface area contributed by atoms with Gasteiger partial charge in [0.05, 0.1) is 15.5 Å². The molecule has 5 nitrogen and oxygen atoms in total. The van der Waals surface area contributed by atoms with Crippen LogP contribution in [0.25, 0.3) is 0 Å². The maximum absolute atomic E-state index is 13.9. The average Bonchev–Trinajstić information content (AvgIpc) is 3.54. The van der Waals surface area contributed by atoms with Gasteiger partial charge < -0.3 is 5.11 Å². The summed E-state index contributed by atoms with van der Waals surface area (Å²) in [5.74, 6) is 0.0534. The van der Waals surface area contributed by atoms with Crippen molar-refractivity contribution in [1.29, 1.82) is 1.43 Å². The minimum absolute atomic E-state index is 0.0534. The van der Waals surface area contributed by atoms with E-state index in [0.717, 1.165) is 5.56 Å². The highest BCUT2D eigenvalue weighted by Gasteiger charge is 2.73. The van der Waals surface area contributed by atoms with Crippen molar-refractivity contribution in [1.82, 2.24) is 0 Å². The smallest absolute Gasteiger partial charge is 0.210 e. The van der Waals surface area contributed by atoms with Gasteiger partial charge >= 0.3 is 0 Å². The molecule has 1 aliphatic carbocycles. The Bertz CT molecular complexity index is 2030. The standard InChI is InChI=1S/C22H20O2S.C13H12O2S.C2H6O/c1-21(18-11-5-2-6-12-18)17-22(21,19-13-7-3-8-14-19)25(23,24)20-15-9-4-10-16-20;14-16(15,13-9-5-2-6-10-13)11-12-7-3-1-4-8-12;1-2-3/h2-16H,17H2,1H3;1-10H,11H2;3H,2H2,1H3/t21-,22-;;/m1../s1/i17D2;;1D3,3D. The Morgan fingerprint density at radius 3 is 1.55 bits per heavy atom. The molecule has 1 N–H and O–H groups in total. The highest BCUT2D eigenvalue weighted by molar-refractivity contribution is 7.92. The Labute approximate surface area is 270 Å². The molecule has 0 bridgehead atoms. The van der Waals surface area contributed by atoms with Gasteiger partial charge in [-0.1, -0.05) is 134 Å². The van der Waals surface area contributed by atoms with Crippen LogP contribution in [0.1, 0.15) is 43.7 Å². The molecule has 1 fully saturated rings. The monoisotopic (exact) mass is 632 g/mol. The lowest BCUT2D eigenvalue weighted by atomic mass is 9.92. The number of aliphatic hydroxyl groups excluding tert-OH is 1. The number of hydrogen-bond donors (Lipinski definition) is 1. The third kappa shape index (κ3) is 6.86. The zero-order valence-corrected chi connectivity index (χ0v) is 25.8. The quantitative estimate of drug-likeness (QED) is 0.193. The van der Waals surface area contributed by atoms with Crippen molar-refractivity contribution in [2.45, 2.75) is 45.9 Å². The first-order valence-electron chi connectivity index (χ1n) is 16.8. The first kappa shape index (κ1) is 25.3. The highest BCUT2D eigenvalue weighted by Crippen LogP contribution is 2.69. The van der Waals surface area contributed by atoms with Crippen LogP contribution in [0.5, 0.6) is 0 Å². The maximum Gasteiger partial charge on any atom is 0.210 e. The molecule has 0 amide bonds. The summed E-state index contributed by atoms with van der Waals surface area (Å²) < 4.78 is 93.1. The van der Waals surface area contributed by atoms with Crippen molar-refractivity contribution in [3.8, 4) is 0 Å². The molecule has 1 saturated carbocycles. The lowest BCUT2D eigenvalue weighted by Crippen LogP contribution is -2.29. The van der Waals surface area contributed by atoms with Crippen molar-refractivity contribution in [2.75, 3.05) is 6.61 Å². The van der Waals surface area contributed by atoms with E-state index in [1.165, 1.54) is 0 Å². The molecule has 2 atom stereocenters. The predicted molar refractivity (Wildman–Crippen MR) is 177 cm³/mol. The fourth-order valence-corrected chi connectivity index (χ4v) is 8.85. The van der Waals surface area contributed by atoms with Crippen LogP contribution in [0, 0.1) is 0 Å². The molecule has 5 aromatic carbocycles. The van der Waals surface area contributed by atoms with Crippen LogP contribution in [-0.4, -0.2) is 30.0 Å². The number of hydrogen-bond acceptors (Lipinski definition) is 5. The maximum atomic E-state index is 13.9. The fourth-order valence-electron chi connectivity index (χ4n) is 5.17. The van der Waals surface area contributed by atoms with Gasteiger partial charge in [0, 0.05) is 18.9 Å². The minimum Gasteiger partial charge on any atom is -0.397 e. The van der Waals surface area contributed by atoms with E-state index in [2.05, 4.69) is 5.11 Å². The van der Waals surface area contributed by atoms with E-state index in [-0.39, 0.29) is 10.6 Å². The van der Waals surface area contributed by atoms with Crippen LogP contribution in [0.4, 0.5) is 0 Å². The summed E-state index contributed by atoms with van der Waals surface area (Å²) in [7, 11) is -7.23. The molecule has 0 aliphatic heterocycles. The first-order chi connectivity index (χ1) is 23.6. The molecule has 7 heteroatoms. The second-order valence-corrected chi connectivity index (χ2v) is 14.3. The number of sulfone groups is 2. The molecule has 0 spiro atoms. The lowest BCUT2D eigenvalue weighted by molar-refractivity contribution is 0.318. The van der Waals surface area contributed by atoms with Crippen LogP contribution < -0.4 is 0 Å². The predicted octanol–water partition coefficient (Wildman–Crippen LogP) is 7.38. The molecule has 44 heavy (non-hydrogen) atoms. The summed E-state index contributed by atoms with van der Waals surface area (Å²) in [5, 5.41) is 3.59. The molecule has 5 aromatic rings. The van der Waals surface area contributed by atoms with E-state index in [9.17, 15) is 16.8 Å². The minimum atomic E-state index is -4.02. The highest BCUT2D eigenvalue weighted by atomic mass is 32.2. The van der Waals surface area contributed by atoms with Crippen LogP contribution >= 0.6 is 0 Å². The van der Waals surface area contributed by atoms with E-state index in [4.69, 9.17) is 8.28 Å². The Morgan fingerprint density at radius 1 is 0.659 bits per heavy atom. The van der Waals surface area contributed by atoms with Gasteiger partial charge in [-0.15, -0.1) is 0 Å². The van der Waals surface area contributed by atoms with Crippen LogP contribution in [-0.2, 0) is 35.6 Å². The lowest BCUT2D eigenvalue weighted by Gasteiger charge is -2.24. The summed E-state index contributed by atoms with van der Waals surface area (Å²) in [6.45, 7) is -0.884. The van der Waals surface area contributed by atoms with Gasteiger partial charge in [0.15, 0.2) is 19.7 Å². The number of aliphatic hydroxyl groups is 1. The first-order valence-corrected chi connectivity index (χ1v) is 17.0. The molecule has 228 valence electrons. The van der Waals surface area contributed by atoms with E-state index in [1.807, 2.05) is 72.8 Å². The van der Waals surface area contributed by atoms with Crippen molar-refractivity contribution in [2.24, 2.45) is 0 Å². The van der Waals surface area contributed by atoms with Crippen LogP contribution in [0.2, 0.25) is 0 Å². The Morgan fingerprint density at radius 2 is 1.09 bits per heavy atom. The van der Waals surface area contributed by atoms with Crippen molar-refractivity contribution in [3.63, 3.8) is 0 Å². The third-order valence-corrected chi connectivity index (χ3v) is 11.5. The van der Waals surface area contributed by atoms with Gasteiger partial charge in [-0.3, -0.25) is 0 Å². The zero-order chi connectivity index (χ0) is 36.7. The molecule has 6 rings (SSSR count). The summed E-state index contributed by atoms with van der Waals surface area (Å²) in [6.07, 6.45) is -1.97. The molecule has 0 unspecified atom stereocenters. The Kier molecular flexibility index (Phi) is 8.14. The average molecular weight is 633 g/mol. The second kappa shape index (κ2) is 14.2. The molecule has 1 aliphatic rings. The number of rotatable bonds is 8. The van der Waals surface area contributed by atoms with Crippen molar-refractivity contribution >= 4 is 19.7 Å². The van der Waals surface area contributed by atoms with Gasteiger partial charge in [0.2, 0.25) is 1.43 Å². The summed E-state index contributed by atoms with van der Waals surface area (Å²) in [4.78, 5) is 0.510.